The summed E-state index contributed by atoms with van der Waals surface area (Å²) < 4.78 is 22.8. The molecular formula is C22H23NO5. The summed E-state index contributed by atoms with van der Waals surface area (Å²) in [5, 5.41) is 0. The van der Waals surface area contributed by atoms with Crippen LogP contribution in [-0.4, -0.2) is 50.3 Å². The number of benzene rings is 2. The second-order valence-electron chi connectivity index (χ2n) is 7.58. The highest BCUT2D eigenvalue weighted by Gasteiger charge is 2.56. The number of ether oxygens (including phenoxy) is 4. The third-order valence-corrected chi connectivity index (χ3v) is 6.06. The van der Waals surface area contributed by atoms with Crippen LogP contribution < -0.4 is 5.73 Å². The Morgan fingerprint density at radius 3 is 2.29 bits per heavy atom. The van der Waals surface area contributed by atoms with Crippen molar-refractivity contribution in [3.05, 3.63) is 59.7 Å². The summed E-state index contributed by atoms with van der Waals surface area (Å²) in [5.41, 5.74) is 10.3. The van der Waals surface area contributed by atoms with Crippen molar-refractivity contribution in [3.8, 4) is 11.1 Å². The quantitative estimate of drug-likeness (QED) is 0.778. The molecule has 3 aliphatic rings. The lowest BCUT2D eigenvalue weighted by molar-refractivity contribution is -0.114. The second kappa shape index (κ2) is 6.88. The maximum Gasteiger partial charge on any atom is 0.404 e. The van der Waals surface area contributed by atoms with Gasteiger partial charge in [-0.05, 0) is 28.7 Å². The van der Waals surface area contributed by atoms with Gasteiger partial charge in [-0.3, -0.25) is 0 Å². The lowest BCUT2D eigenvalue weighted by Crippen LogP contribution is -2.45. The highest BCUT2D eigenvalue weighted by atomic mass is 16.7. The van der Waals surface area contributed by atoms with Crippen LogP contribution in [0.5, 0.6) is 0 Å². The van der Waals surface area contributed by atoms with E-state index < -0.39 is 18.3 Å². The zero-order chi connectivity index (χ0) is 19.3. The molecule has 6 heteroatoms. The predicted octanol–water partition coefficient (Wildman–Crippen LogP) is 2.83. The zero-order valence-corrected chi connectivity index (χ0v) is 15.6. The minimum Gasteiger partial charge on any atom is -0.443 e. The molecule has 0 saturated carbocycles. The van der Waals surface area contributed by atoms with E-state index in [9.17, 15) is 4.79 Å². The molecule has 5 atom stereocenters. The summed E-state index contributed by atoms with van der Waals surface area (Å²) in [6.45, 7) is 0.549. The highest BCUT2D eigenvalue weighted by Crippen LogP contribution is 2.48. The molecule has 0 radical (unpaired) electrons. The van der Waals surface area contributed by atoms with Crippen LogP contribution in [0.2, 0.25) is 0 Å². The van der Waals surface area contributed by atoms with E-state index in [1.807, 2.05) is 24.3 Å². The van der Waals surface area contributed by atoms with Crippen LogP contribution in [0.15, 0.2) is 48.5 Å². The Morgan fingerprint density at radius 2 is 1.79 bits per heavy atom. The second-order valence-corrected chi connectivity index (χ2v) is 7.58. The minimum absolute atomic E-state index is 0.00655. The average Bonchev–Trinajstić information content (AvgIpc) is 3.27. The predicted molar refractivity (Wildman–Crippen MR) is 102 cm³/mol. The Labute approximate surface area is 163 Å². The van der Waals surface area contributed by atoms with Gasteiger partial charge in [0.05, 0.1) is 6.61 Å². The molecule has 2 heterocycles. The Morgan fingerprint density at radius 1 is 1.14 bits per heavy atom. The van der Waals surface area contributed by atoms with Crippen molar-refractivity contribution in [2.24, 2.45) is 5.73 Å². The lowest BCUT2D eigenvalue weighted by Gasteiger charge is -2.31. The SMILES string of the molecule is COC([C@H]1OC[C@H]2O[C@@H]12)[C@@H](CC1c2ccccc2-c2ccccc21)OC(N)=O. The van der Waals surface area contributed by atoms with E-state index in [1.54, 1.807) is 7.11 Å². The van der Waals surface area contributed by atoms with Crippen LogP contribution in [0.25, 0.3) is 11.1 Å². The van der Waals surface area contributed by atoms with Crippen LogP contribution in [0.1, 0.15) is 23.5 Å². The van der Waals surface area contributed by atoms with E-state index in [1.165, 1.54) is 22.3 Å². The number of epoxide rings is 1. The van der Waals surface area contributed by atoms with Gasteiger partial charge in [-0.15, -0.1) is 0 Å². The Hall–Kier alpha value is -2.41. The van der Waals surface area contributed by atoms with Crippen LogP contribution in [-0.2, 0) is 18.9 Å². The molecule has 146 valence electrons. The minimum atomic E-state index is -0.808. The summed E-state index contributed by atoms with van der Waals surface area (Å²) in [6.07, 6.45) is -1.35. The molecule has 0 aromatic heterocycles. The van der Waals surface area contributed by atoms with Gasteiger partial charge in [0.15, 0.2) is 0 Å². The molecule has 6 nitrogen and oxygen atoms in total. The molecule has 28 heavy (non-hydrogen) atoms. The first-order valence-electron chi connectivity index (χ1n) is 9.61. The van der Waals surface area contributed by atoms with Gasteiger partial charge in [0, 0.05) is 13.0 Å². The molecular weight excluding hydrogens is 358 g/mol. The Bertz CT molecular complexity index is 855. The third-order valence-electron chi connectivity index (χ3n) is 6.06. The molecule has 1 amide bonds. The van der Waals surface area contributed by atoms with Crippen molar-refractivity contribution in [3.63, 3.8) is 0 Å². The third kappa shape index (κ3) is 2.89. The van der Waals surface area contributed by atoms with Crippen molar-refractivity contribution in [1.82, 2.24) is 0 Å². The number of amides is 1. The van der Waals surface area contributed by atoms with E-state index in [4.69, 9.17) is 24.7 Å². The fraction of sp³-hybridized carbons (Fsp3) is 0.409. The summed E-state index contributed by atoms with van der Waals surface area (Å²) in [6, 6.07) is 16.7. The zero-order valence-electron chi connectivity index (χ0n) is 15.6. The van der Waals surface area contributed by atoms with E-state index in [2.05, 4.69) is 24.3 Å². The van der Waals surface area contributed by atoms with Crippen LogP contribution in [0, 0.1) is 0 Å². The maximum atomic E-state index is 11.7. The Kier molecular flexibility index (Phi) is 4.34. The number of rotatable bonds is 6. The van der Waals surface area contributed by atoms with Crippen molar-refractivity contribution < 1.29 is 23.7 Å². The van der Waals surface area contributed by atoms with Gasteiger partial charge in [0.25, 0.3) is 0 Å². The number of carbonyl (C=O) groups excluding carboxylic acids is 1. The number of primary amides is 1. The van der Waals surface area contributed by atoms with Gasteiger partial charge >= 0.3 is 6.09 Å². The van der Waals surface area contributed by atoms with Gasteiger partial charge in [0.2, 0.25) is 0 Å². The fourth-order valence-electron chi connectivity index (χ4n) is 4.80. The first-order valence-corrected chi connectivity index (χ1v) is 9.61. The van der Waals surface area contributed by atoms with Crippen molar-refractivity contribution in [2.75, 3.05) is 13.7 Å². The molecule has 2 fully saturated rings. The number of methoxy groups -OCH3 is 1. The molecule has 2 N–H and O–H groups in total. The number of fused-ring (bicyclic) bond motifs is 4. The number of nitrogens with two attached hydrogens (primary N) is 1. The van der Waals surface area contributed by atoms with Gasteiger partial charge in [-0.1, -0.05) is 48.5 Å². The van der Waals surface area contributed by atoms with Crippen LogP contribution in [0.4, 0.5) is 4.79 Å². The number of hydrogen-bond donors (Lipinski definition) is 1. The molecule has 2 aromatic rings. The molecule has 2 aromatic carbocycles. The summed E-state index contributed by atoms with van der Waals surface area (Å²) in [7, 11) is 1.61. The molecule has 1 aliphatic carbocycles. The van der Waals surface area contributed by atoms with Gasteiger partial charge < -0.3 is 24.7 Å². The molecule has 0 spiro atoms. The smallest absolute Gasteiger partial charge is 0.404 e. The molecule has 0 bridgehead atoms. The normalized spacial score (nSPS) is 26.8. The standard InChI is InChI=1S/C22H23NO5/c1-25-19(21-20-18(27-20)11-26-21)17(28-22(23)24)10-16-14-8-4-2-6-12(14)13-7-3-5-9-15(13)16/h2-9,16-21H,10-11H2,1H3,(H2,23,24)/t17-,18-,19?,20-,21-/m1/s1. The van der Waals surface area contributed by atoms with Gasteiger partial charge in [0.1, 0.15) is 30.5 Å². The monoisotopic (exact) mass is 381 g/mol. The topological polar surface area (TPSA) is 83.3 Å². The van der Waals surface area contributed by atoms with E-state index in [0.717, 1.165) is 0 Å². The fourth-order valence-corrected chi connectivity index (χ4v) is 4.80. The summed E-state index contributed by atoms with van der Waals surface area (Å²) >= 11 is 0. The van der Waals surface area contributed by atoms with Gasteiger partial charge in [-0.25, -0.2) is 4.79 Å². The summed E-state index contributed by atoms with van der Waals surface area (Å²) in [4.78, 5) is 11.7. The molecule has 2 aliphatic heterocycles. The number of hydrogen-bond acceptors (Lipinski definition) is 5. The van der Waals surface area contributed by atoms with Crippen molar-refractivity contribution >= 4 is 6.09 Å². The van der Waals surface area contributed by atoms with Crippen LogP contribution in [0.3, 0.4) is 0 Å². The summed E-state index contributed by atoms with van der Waals surface area (Å²) in [5.74, 6) is 0.0896. The maximum absolute atomic E-state index is 11.7. The first-order chi connectivity index (χ1) is 13.7. The van der Waals surface area contributed by atoms with E-state index >= 15 is 0 Å². The molecule has 2 saturated heterocycles. The lowest BCUT2D eigenvalue weighted by atomic mass is 9.88. The van der Waals surface area contributed by atoms with Crippen LogP contribution >= 0.6 is 0 Å². The first kappa shape index (κ1) is 17.7. The van der Waals surface area contributed by atoms with Gasteiger partial charge in [-0.2, -0.15) is 0 Å². The highest BCUT2D eigenvalue weighted by molar-refractivity contribution is 5.78. The average molecular weight is 381 g/mol. The largest absolute Gasteiger partial charge is 0.443 e. The van der Waals surface area contributed by atoms with E-state index in [-0.39, 0.29) is 24.2 Å². The Balaban J connectivity index is 1.48. The molecule has 5 rings (SSSR count). The van der Waals surface area contributed by atoms with E-state index in [0.29, 0.717) is 13.0 Å². The molecule has 1 unspecified atom stereocenters. The van der Waals surface area contributed by atoms with Crippen molar-refractivity contribution in [2.45, 2.75) is 42.9 Å². The number of carbonyl (C=O) groups is 1. The van der Waals surface area contributed by atoms with Crippen molar-refractivity contribution in [1.29, 1.82) is 0 Å².